The molecule has 5 aliphatic heterocycles. The normalized spacial score (nSPS) is 22.3. The van der Waals surface area contributed by atoms with E-state index >= 15 is 13.2 Å². The standard InChI is InChI=1S/C84H106F3N15O8SSi/c1-13-99-66(28-33-89-99)55-20-18-54(19-21-55)65(45-103)91-77(105)68-39-60(104)44-98(68)79(106)74(49(2)3)100-41-57(94-95-100)23-17-53-29-34-96(35-30-53)47-83(46-84(83,86)87)48-109-80-92-76(97-42-58-24-25-59(43-97)101(58)81(107)110-82(10,11)12)72-62-27-32-88-73(75(62)111-78(72)93-80)71-63-40-90-102(69-16-14-15-36-108-69)67(63)38-56-22-26-64(85)61(70(56)71)31-37-112(50(4)5,51(6)7)52(8)9/h18-22,26-28,32-33,38,40-41,49-53,58-60,65,68-69,74,103-104H,13-17,23-25,29-30,34-36,39,42-48H2,1-12H3,(H,91,105)/t58?,59?,60-,65+,68+,69?,74+,83-/m1/s1. The quantitative estimate of drug-likeness (QED) is 0.0398. The SMILES string of the molecule is CCn1nccc1-c1ccc([C@H](CO)NC(=O)[C@@H]2C[C@@H](O)CN2C(=O)[C@H](C(C)C)n2cc(CCC3CCN(C[C@@]4(COc5nc(N6CC7CCC(C6)N7C(=O)OC(C)(C)C)c6c(n5)sc5c(-c7c8cnn(C9CCCCO9)c8cc8ccc(F)c(C#C[Si](C(C)C)(C(C)C)C(C)C)c78)nccc56)CC4(F)F)CC3)nn2)cc1. The molecule has 0 spiro atoms. The second-order valence-electron chi connectivity index (χ2n) is 34.5. The van der Waals surface area contributed by atoms with Crippen LogP contribution in [0, 0.1) is 34.5 Å². The number of carbonyl (C=O) groups excluding carboxylic acids is 3. The highest BCUT2D eigenvalue weighted by Gasteiger charge is 2.72. The molecular formula is C84H106F3N15O8SSi. The summed E-state index contributed by atoms with van der Waals surface area (Å²) in [4.78, 5) is 66.5. The molecule has 23 nitrogen and oxygen atoms in total. The molecule has 3 aromatic carbocycles. The van der Waals surface area contributed by atoms with Crippen LogP contribution in [0.5, 0.6) is 6.01 Å². The summed E-state index contributed by atoms with van der Waals surface area (Å²) in [5.41, 5.74) is 8.17. The highest BCUT2D eigenvalue weighted by atomic mass is 32.1. The molecule has 15 rings (SSSR count). The predicted octanol–water partition coefficient (Wildman–Crippen LogP) is 14.6. The Morgan fingerprint density at radius 2 is 1.61 bits per heavy atom. The number of nitrogens with zero attached hydrogens (tertiary/aromatic N) is 14. The number of benzene rings is 3. The van der Waals surface area contributed by atoms with E-state index in [1.54, 1.807) is 23.3 Å². The molecule has 1 aliphatic carbocycles. The van der Waals surface area contributed by atoms with Gasteiger partial charge in [-0.3, -0.25) is 24.2 Å². The molecule has 1 saturated carbocycles. The summed E-state index contributed by atoms with van der Waals surface area (Å²) >= 11 is 1.40. The van der Waals surface area contributed by atoms with E-state index in [0.717, 1.165) is 94.4 Å². The lowest BCUT2D eigenvalue weighted by molar-refractivity contribution is -0.142. The number of halogens is 3. The Kier molecular flexibility index (Phi) is 22.0. The number of thiophene rings is 1. The third-order valence-electron chi connectivity index (χ3n) is 24.8. The van der Waals surface area contributed by atoms with Crippen molar-refractivity contribution in [2.24, 2.45) is 17.3 Å². The number of amides is 3. The lowest BCUT2D eigenvalue weighted by Crippen LogP contribution is -2.57. The van der Waals surface area contributed by atoms with Crippen molar-refractivity contribution in [3.8, 4) is 40.0 Å². The smallest absolute Gasteiger partial charge is 0.410 e. The fourth-order valence-electron chi connectivity index (χ4n) is 18.9. The van der Waals surface area contributed by atoms with Gasteiger partial charge in [-0.05, 0) is 168 Å². The van der Waals surface area contributed by atoms with Crippen LogP contribution < -0.4 is 15.0 Å². The number of aromatic nitrogens is 10. The molecule has 9 aromatic rings. The molecule has 3 unspecified atom stereocenters. The van der Waals surface area contributed by atoms with Gasteiger partial charge in [0.1, 0.15) is 48.8 Å². The van der Waals surface area contributed by atoms with Gasteiger partial charge in [-0.25, -0.2) is 27.3 Å². The summed E-state index contributed by atoms with van der Waals surface area (Å²) in [5.74, 6) is -0.179. The summed E-state index contributed by atoms with van der Waals surface area (Å²) < 4.78 is 75.0. The summed E-state index contributed by atoms with van der Waals surface area (Å²) in [7, 11) is -2.39. The number of piperazine rings is 1. The van der Waals surface area contributed by atoms with Crippen molar-refractivity contribution in [1.29, 1.82) is 0 Å². The first-order valence-electron chi connectivity index (χ1n) is 40.4. The number of likely N-dealkylation sites (tertiary alicyclic amines) is 2. The minimum absolute atomic E-state index is 0.0339. The molecule has 3 amide bonds. The van der Waals surface area contributed by atoms with Crippen LogP contribution in [0.15, 0.2) is 79.4 Å². The molecule has 6 fully saturated rings. The van der Waals surface area contributed by atoms with E-state index in [0.29, 0.717) is 106 Å². The van der Waals surface area contributed by atoms with E-state index in [1.807, 2.05) is 104 Å². The summed E-state index contributed by atoms with van der Waals surface area (Å²) in [5, 5.41) is 46.5. The molecule has 6 aromatic heterocycles. The predicted molar refractivity (Wildman–Crippen MR) is 429 cm³/mol. The number of aliphatic hydroxyl groups is 2. The minimum atomic E-state index is -3.02. The Morgan fingerprint density at radius 3 is 2.27 bits per heavy atom. The van der Waals surface area contributed by atoms with Crippen LogP contribution in [0.3, 0.4) is 0 Å². The average molecular weight is 1570 g/mol. The van der Waals surface area contributed by atoms with E-state index in [9.17, 15) is 24.6 Å². The second-order valence-corrected chi connectivity index (χ2v) is 41.0. The number of fused-ring (bicyclic) bond motifs is 7. The summed E-state index contributed by atoms with van der Waals surface area (Å²) in [6, 6.07) is 13.8. The summed E-state index contributed by atoms with van der Waals surface area (Å²) in [6.07, 6.45) is 12.3. The van der Waals surface area contributed by atoms with E-state index in [-0.39, 0.29) is 87.3 Å². The van der Waals surface area contributed by atoms with Crippen LogP contribution in [0.1, 0.15) is 182 Å². The van der Waals surface area contributed by atoms with Crippen LogP contribution in [0.4, 0.5) is 23.8 Å². The number of carbonyl (C=O) groups is 3. The molecule has 11 heterocycles. The number of β-amino-alcohol motifs (C(OH)–C–C–N with tert-alkyl or cyclic N) is 1. The van der Waals surface area contributed by atoms with Crippen LogP contribution in [-0.4, -0.2) is 195 Å². The van der Waals surface area contributed by atoms with E-state index in [2.05, 4.69) is 89.6 Å². The fourth-order valence-corrected chi connectivity index (χ4v) is 25.3. The van der Waals surface area contributed by atoms with E-state index < -0.39 is 61.0 Å². The largest absolute Gasteiger partial charge is 0.462 e. The zero-order valence-corrected chi connectivity index (χ0v) is 68.2. The molecule has 596 valence electrons. The van der Waals surface area contributed by atoms with E-state index in [4.69, 9.17) is 34.3 Å². The number of ether oxygens (including phenoxy) is 3. The molecule has 8 atom stereocenters. The lowest BCUT2D eigenvalue weighted by Gasteiger charge is -2.42. The topological polar surface area (TPSA) is 249 Å². The van der Waals surface area contributed by atoms with Crippen molar-refractivity contribution >= 4 is 85.1 Å². The number of aliphatic hydroxyl groups excluding tert-OH is 2. The van der Waals surface area contributed by atoms with Crippen molar-refractivity contribution in [2.75, 3.05) is 64.0 Å². The van der Waals surface area contributed by atoms with Gasteiger partial charge in [-0.1, -0.05) is 96.9 Å². The van der Waals surface area contributed by atoms with Crippen molar-refractivity contribution in [1.82, 2.24) is 69.5 Å². The van der Waals surface area contributed by atoms with Gasteiger partial charge in [-0.15, -0.1) is 22.0 Å². The number of alkyl halides is 2. The van der Waals surface area contributed by atoms with Crippen LogP contribution in [-0.2, 0) is 32.0 Å². The van der Waals surface area contributed by atoms with Crippen LogP contribution >= 0.6 is 11.3 Å². The Hall–Kier alpha value is -8.59. The van der Waals surface area contributed by atoms with Gasteiger partial charge in [0.2, 0.25) is 11.8 Å². The number of rotatable bonds is 23. The van der Waals surface area contributed by atoms with Crippen LogP contribution in [0.25, 0.3) is 64.5 Å². The number of aryl methyl sites for hydroxylation is 2. The fraction of sp³-hybridized carbons (Fsp3) is 0.571. The number of anilines is 1. The number of piperidine rings is 1. The van der Waals surface area contributed by atoms with Gasteiger partial charge in [0, 0.05) is 92.5 Å². The van der Waals surface area contributed by atoms with Gasteiger partial charge in [-0.2, -0.15) is 20.2 Å². The first-order chi connectivity index (χ1) is 53.6. The number of nitrogens with one attached hydrogen (secondary N) is 1. The third kappa shape index (κ3) is 15.0. The maximum absolute atomic E-state index is 17.2. The first-order valence-corrected chi connectivity index (χ1v) is 43.4. The van der Waals surface area contributed by atoms with E-state index in [1.165, 1.54) is 22.3 Å². The van der Waals surface area contributed by atoms with Gasteiger partial charge >= 0.3 is 12.1 Å². The molecule has 28 heteroatoms. The number of hydrogen-bond acceptors (Lipinski definition) is 18. The molecule has 0 radical (unpaired) electrons. The second kappa shape index (κ2) is 31.3. The maximum Gasteiger partial charge on any atom is 0.410 e. The average Bonchev–Trinajstić information content (AvgIpc) is 1.55. The van der Waals surface area contributed by atoms with Crippen molar-refractivity contribution in [3.05, 3.63) is 102 Å². The third-order valence-corrected chi connectivity index (χ3v) is 32.2. The van der Waals surface area contributed by atoms with Crippen molar-refractivity contribution in [2.45, 2.75) is 231 Å². The number of pyridine rings is 1. The highest BCUT2D eigenvalue weighted by Crippen LogP contribution is 2.61. The Balaban J connectivity index is 0.672. The van der Waals surface area contributed by atoms with Crippen molar-refractivity contribution in [3.63, 3.8) is 0 Å². The van der Waals surface area contributed by atoms with Gasteiger partial charge in [0.05, 0.1) is 80.7 Å². The Morgan fingerprint density at radius 1 is 0.875 bits per heavy atom. The Labute approximate surface area is 657 Å². The molecule has 3 N–H and O–H groups in total. The van der Waals surface area contributed by atoms with Crippen LogP contribution in [0.2, 0.25) is 16.6 Å². The molecule has 112 heavy (non-hydrogen) atoms. The zero-order valence-electron chi connectivity index (χ0n) is 66.4. The summed E-state index contributed by atoms with van der Waals surface area (Å²) in [6.45, 7) is 27.6. The monoisotopic (exact) mass is 1570 g/mol. The molecule has 6 aliphatic rings. The van der Waals surface area contributed by atoms with Gasteiger partial charge in [0.25, 0.3) is 5.92 Å². The lowest BCUT2D eigenvalue weighted by atomic mass is 9.91. The maximum atomic E-state index is 17.2. The molecule has 2 bridgehead atoms. The minimum Gasteiger partial charge on any atom is -0.462 e. The molecular weight excluding hydrogens is 1460 g/mol. The number of hydrogen-bond donors (Lipinski definition) is 3. The first kappa shape index (κ1) is 78.7. The molecule has 5 saturated heterocycles. The zero-order chi connectivity index (χ0) is 79.0. The van der Waals surface area contributed by atoms with Crippen molar-refractivity contribution < 1.29 is 52.0 Å². The highest BCUT2D eigenvalue weighted by molar-refractivity contribution is 7.26. The van der Waals surface area contributed by atoms with Gasteiger partial charge < -0.3 is 44.4 Å². The van der Waals surface area contributed by atoms with Gasteiger partial charge in [0.15, 0.2) is 6.23 Å². The Bertz CT molecular complexity index is 5020.